The van der Waals surface area contributed by atoms with Crippen LogP contribution >= 0.6 is 90.1 Å². The van der Waals surface area contributed by atoms with E-state index in [2.05, 4.69) is 53.9 Å². The topological polar surface area (TPSA) is 495 Å². The van der Waals surface area contributed by atoms with Crippen molar-refractivity contribution in [3.8, 4) is 28.7 Å². The van der Waals surface area contributed by atoms with Crippen molar-refractivity contribution in [2.75, 3.05) is 78.5 Å². The van der Waals surface area contributed by atoms with Crippen molar-refractivity contribution in [3.05, 3.63) is 172 Å². The molecule has 10 aliphatic rings. The van der Waals surface area contributed by atoms with Crippen LogP contribution in [0, 0.1) is 29.1 Å². The van der Waals surface area contributed by atoms with Crippen molar-refractivity contribution in [3.63, 3.8) is 0 Å². The van der Waals surface area contributed by atoms with Crippen LogP contribution in [0.2, 0.25) is 0 Å². The van der Waals surface area contributed by atoms with Crippen LogP contribution in [0.5, 0.6) is 28.7 Å². The monoisotopic (exact) mass is 2080 g/mol. The van der Waals surface area contributed by atoms with Gasteiger partial charge >= 0.3 is 140 Å². The predicted octanol–water partition coefficient (Wildman–Crippen LogP) is 0.863. The number of nitrogens with one attached hydrogen (secondary N) is 2. The number of phosphoric acid groups is 4. The molecule has 0 spiro atoms. The summed E-state index contributed by atoms with van der Waals surface area (Å²) in [4.78, 5) is 181. The summed E-state index contributed by atoms with van der Waals surface area (Å²) in [6, 6.07) is 16.3. The molecule has 0 atom stereocenters. The van der Waals surface area contributed by atoms with Crippen molar-refractivity contribution < 1.29 is 249 Å². The second-order valence-electron chi connectivity index (χ2n) is 27.4. The molecule has 36 nitrogen and oxygen atoms in total. The number of likely N-dealkylation sites (tertiary alicyclic amines) is 3. The molecule has 5 aromatic rings. The zero-order valence-corrected chi connectivity index (χ0v) is 85.4. The number of carbonyl (C=O) groups excluding carboxylic acids is 6. The maximum Gasteiger partial charge on any atom is 1.00 e. The average molecular weight is 2080 g/mol. The van der Waals surface area contributed by atoms with Gasteiger partial charge in [-0.15, -0.1) is 0 Å². The number of amidine groups is 5. The van der Waals surface area contributed by atoms with E-state index in [1.165, 1.54) is 77.0 Å². The van der Waals surface area contributed by atoms with Gasteiger partial charge in [0.1, 0.15) is 73.5 Å². The van der Waals surface area contributed by atoms with Crippen molar-refractivity contribution in [2.45, 2.75) is 115 Å². The van der Waals surface area contributed by atoms with Gasteiger partial charge in [-0.05, 0) is 240 Å². The molecule has 0 radical (unpaired) electrons. The fourth-order valence-corrected chi connectivity index (χ4v) is 18.8. The van der Waals surface area contributed by atoms with E-state index < -0.39 is 95.8 Å². The SMILES string of the molecule is C.C.C.C.C.CCN(CC)C(=O)Oc1cc(F)ccc1/C=C1/SC(N2CCCCN2)=NC1=O.O=C1N=C(N2CCCC2)S/C1=C\c1cc(F)ccc1OP(=O)(O)O.O=C1N=C(N2CCCC2)S/C1=C\c1cc(F)ccc1OP(=O)([O-])[O-].O=C1N=C(N2CCCC2)S/C1=C\c1ccc(F)cc1OP(=O)(O)O.O=C1N=C(N2CCCCN2)S/C1=C\c1ccc(F)cc1OP(=O)([O-])[O-].[Na+].[Na+].[Na+].[Na+]. The average Bonchev–Trinajstić information content (AvgIpc) is 1.67. The van der Waals surface area contributed by atoms with Gasteiger partial charge in [-0.3, -0.25) is 53.6 Å². The number of aliphatic imine (C=N–C) groups is 5. The van der Waals surface area contributed by atoms with Gasteiger partial charge in [-0.1, -0.05) is 37.1 Å². The van der Waals surface area contributed by atoms with Crippen LogP contribution in [0.3, 0.4) is 0 Å². The zero-order chi connectivity index (χ0) is 90.1. The standard InChI is InChI=1S/C19H23FN4O3S.C14H15FN3O5PS.3C14H14FN2O5PS.5CH4.4Na/c1-3-23(4-2)19(26)27-15-12-14(20)8-7-13(15)11-16-17(25)22-18(28-16)24-10-6-5-9-21-24;15-10-4-3-9(11(8-10)23-24(20,21)22)7-12-13(19)17-14(25-12)18-6-2-1-5-16-18;2*15-10-3-4-11(22-23(19,20)21)9(7-10)8-12-13(18)16-14(24-12)17-5-1-2-6-17;15-10-4-3-9(11(8-10)22-23(19,20)21)7-12-13(18)16-14(24-12)17-5-1-2-6-17;;;;;;;;;/h7-8,11-12,21H,3-6,9-10H2,1-2H3;3-4,7-8,16H,1-2,5-6H2,(H2,20,21,22);3*3-4,7-8H,1-2,5-6H2,(H2,19,20,21);5*1H4;;;;/q;;;;;;;;;;4*+1/p-4/b16-11+;12-7-;2*12-8-;12-7-;;;;;;;;;. The Kier molecular flexibility index (Phi) is 53.8. The molecule has 5 aromatic carbocycles. The molecule has 10 aliphatic heterocycles. The van der Waals surface area contributed by atoms with Crippen molar-refractivity contribution >= 4 is 182 Å². The Morgan fingerprint density at radius 1 is 0.381 bits per heavy atom. The van der Waals surface area contributed by atoms with Crippen LogP contribution in [-0.4, -0.2) is 189 Å². The third-order valence-electron chi connectivity index (χ3n) is 18.2. The number of carbonyl (C=O) groups is 6. The summed E-state index contributed by atoms with van der Waals surface area (Å²) in [6.45, 7) is 12.7. The zero-order valence-electron chi connectivity index (χ0n) is 69.8. The third-order valence-corrected chi connectivity index (χ3v) is 25.1. The number of rotatable bonds is 16. The summed E-state index contributed by atoms with van der Waals surface area (Å²) in [6.07, 6.45) is 16.7. The molecule has 6 N–H and O–H groups in total. The molecule has 54 heteroatoms. The third kappa shape index (κ3) is 38.4. The summed E-state index contributed by atoms with van der Waals surface area (Å²) in [5.74, 6) is -6.82. The van der Waals surface area contributed by atoms with E-state index in [0.717, 1.165) is 225 Å². The predicted molar refractivity (Wildman–Crippen MR) is 487 cm³/mol. The van der Waals surface area contributed by atoms with Crippen LogP contribution in [-0.2, 0) is 42.2 Å². The Labute approximate surface area is 882 Å². The Morgan fingerprint density at radius 2 is 0.634 bits per heavy atom. The van der Waals surface area contributed by atoms with Gasteiger partial charge in [0.05, 0.1) is 24.5 Å². The molecule has 0 aliphatic carbocycles. The summed E-state index contributed by atoms with van der Waals surface area (Å²) in [5, 5.41) is 6.51. The van der Waals surface area contributed by atoms with Gasteiger partial charge in [0.25, 0.3) is 29.5 Å². The number of hydrogen-bond acceptors (Lipinski definition) is 31. The number of ether oxygens (including phenoxy) is 1. The maximum absolute atomic E-state index is 13.7. The molecule has 0 saturated carbocycles. The molecule has 15 rings (SSSR count). The number of benzene rings is 5. The van der Waals surface area contributed by atoms with Crippen LogP contribution in [0.4, 0.5) is 26.7 Å². The fourth-order valence-electron chi connectivity index (χ4n) is 12.5. The largest absolute Gasteiger partial charge is 1.00 e. The number of thioether (sulfide) groups is 5. The second-order valence-corrected chi connectivity index (χ2v) is 36.9. The van der Waals surface area contributed by atoms with Crippen LogP contribution < -0.4 is 171 Å². The van der Waals surface area contributed by atoms with Gasteiger partial charge in [0.15, 0.2) is 25.8 Å². The smallest absolute Gasteiger partial charge is 0.780 e. The van der Waals surface area contributed by atoms with Crippen LogP contribution in [0.25, 0.3) is 30.4 Å². The van der Waals surface area contributed by atoms with E-state index in [9.17, 15) is 88.6 Å². The van der Waals surface area contributed by atoms with Gasteiger partial charge in [-0.25, -0.2) is 46.7 Å². The number of nitrogens with zero attached hydrogens (tertiary/aromatic N) is 11. The van der Waals surface area contributed by atoms with Gasteiger partial charge in [-0.2, -0.15) is 25.0 Å². The first-order valence-corrected chi connectivity index (χ1v) is 48.1. The normalized spacial score (nSPS) is 18.3. The summed E-state index contributed by atoms with van der Waals surface area (Å²) in [7, 11) is -20.3. The van der Waals surface area contributed by atoms with Gasteiger partial charge in [0, 0.05) is 125 Å². The number of hydrazine groups is 2. The molecule has 0 unspecified atom stereocenters. The second kappa shape index (κ2) is 57.7. The molecule has 6 amide bonds. The molecule has 708 valence electrons. The van der Waals surface area contributed by atoms with Crippen molar-refractivity contribution in [2.24, 2.45) is 25.0 Å². The van der Waals surface area contributed by atoms with E-state index >= 15 is 0 Å². The van der Waals surface area contributed by atoms with E-state index in [1.54, 1.807) is 11.1 Å². The van der Waals surface area contributed by atoms with E-state index in [-0.39, 0.29) is 221 Å². The van der Waals surface area contributed by atoms with E-state index in [0.29, 0.717) is 60.8 Å². The maximum atomic E-state index is 13.7. The molecule has 5 fully saturated rings. The summed E-state index contributed by atoms with van der Waals surface area (Å²) >= 11 is 5.82. The quantitative estimate of drug-likeness (QED) is 0.0345. The minimum Gasteiger partial charge on any atom is -0.780 e. The van der Waals surface area contributed by atoms with Crippen molar-refractivity contribution in [1.82, 2.24) is 40.5 Å². The molecular formula is C80H96F5N13Na4O23P4S5. The minimum atomic E-state index is -5.36. The summed E-state index contributed by atoms with van der Waals surface area (Å²) in [5.41, 5.74) is 7.11. The van der Waals surface area contributed by atoms with Gasteiger partial charge < -0.3 is 71.1 Å². The van der Waals surface area contributed by atoms with Crippen LogP contribution in [0.1, 0.15) is 143 Å². The molecule has 0 aromatic heterocycles. The number of phosphoric ester groups is 4. The number of halogens is 5. The first kappa shape index (κ1) is 125. The Balaban J connectivity index is 0.000000558. The molecular weight excluding hydrogens is 1980 g/mol. The molecule has 10 heterocycles. The Hall–Kier alpha value is -5.11. The first-order valence-electron chi connectivity index (χ1n) is 38.1. The molecule has 5 saturated heterocycles. The van der Waals surface area contributed by atoms with E-state index in [4.69, 9.17) is 24.3 Å². The summed E-state index contributed by atoms with van der Waals surface area (Å²) < 4.78 is 134. The number of hydrogen-bond donors (Lipinski definition) is 6. The van der Waals surface area contributed by atoms with Gasteiger partial charge in [0.2, 0.25) is 0 Å². The number of amides is 6. The Bertz CT molecular complexity index is 5420. The minimum absolute atomic E-state index is 0. The first-order chi connectivity index (χ1) is 59.3. The van der Waals surface area contributed by atoms with Crippen molar-refractivity contribution in [1.29, 1.82) is 0 Å². The van der Waals surface area contributed by atoms with E-state index in [1.807, 2.05) is 33.6 Å². The fraction of sp³-hybridized carbons (Fsp3) is 0.362. The Morgan fingerprint density at radius 3 is 0.940 bits per heavy atom. The molecule has 134 heavy (non-hydrogen) atoms. The molecule has 0 bridgehead atoms. The van der Waals surface area contributed by atoms with Crippen LogP contribution in [0.15, 0.2) is 140 Å².